The van der Waals surface area contributed by atoms with Crippen molar-refractivity contribution in [1.82, 2.24) is 20.0 Å². The minimum Gasteiger partial charge on any atom is -0.475 e. The van der Waals surface area contributed by atoms with Crippen LogP contribution in [-0.2, 0) is 11.2 Å². The summed E-state index contributed by atoms with van der Waals surface area (Å²) in [6, 6.07) is 0.124. The number of anilines is 1. The molecule has 8 nitrogen and oxygen atoms in total. The average Bonchev–Trinajstić information content (AvgIpc) is 3.24. The Hall–Kier alpha value is -2.64. The quantitative estimate of drug-likeness (QED) is 0.777. The molecule has 2 aromatic heterocycles. The summed E-state index contributed by atoms with van der Waals surface area (Å²) in [6.07, 6.45) is 4.48. The number of hydrogen-bond acceptors (Lipinski definition) is 7. The molecule has 1 aliphatic heterocycles. The van der Waals surface area contributed by atoms with E-state index in [2.05, 4.69) is 20.0 Å². The van der Waals surface area contributed by atoms with Crippen LogP contribution in [0.4, 0.5) is 5.82 Å². The summed E-state index contributed by atoms with van der Waals surface area (Å²) in [5, 5.41) is 3.92. The van der Waals surface area contributed by atoms with Gasteiger partial charge in [-0.15, -0.1) is 0 Å². The van der Waals surface area contributed by atoms with Crippen LogP contribution in [-0.4, -0.2) is 58.7 Å². The lowest BCUT2D eigenvalue weighted by Crippen LogP contribution is -2.40. The van der Waals surface area contributed by atoms with Gasteiger partial charge in [0, 0.05) is 38.1 Å². The molecular formula is C18H25N5O3. The third kappa shape index (κ3) is 3.63. The van der Waals surface area contributed by atoms with E-state index in [1.165, 1.54) is 0 Å². The Morgan fingerprint density at radius 1 is 1.38 bits per heavy atom. The lowest BCUT2D eigenvalue weighted by atomic mass is 10.1. The highest BCUT2D eigenvalue weighted by molar-refractivity contribution is 5.79. The van der Waals surface area contributed by atoms with Crippen molar-refractivity contribution in [1.29, 1.82) is 0 Å². The zero-order valence-electron chi connectivity index (χ0n) is 15.7. The van der Waals surface area contributed by atoms with Crippen LogP contribution in [0, 0.1) is 13.8 Å². The van der Waals surface area contributed by atoms with Crippen LogP contribution in [0.2, 0.25) is 0 Å². The van der Waals surface area contributed by atoms with Gasteiger partial charge >= 0.3 is 0 Å². The number of carbonyl (C=O) groups is 1. The van der Waals surface area contributed by atoms with Crippen molar-refractivity contribution in [3.8, 4) is 5.88 Å². The minimum absolute atomic E-state index is 0.0652. The predicted octanol–water partition coefficient (Wildman–Crippen LogP) is 1.76. The van der Waals surface area contributed by atoms with Crippen LogP contribution < -0.4 is 9.64 Å². The number of amides is 1. The number of rotatable bonds is 6. The zero-order valence-corrected chi connectivity index (χ0v) is 15.7. The second-order valence-electron chi connectivity index (χ2n) is 6.49. The van der Waals surface area contributed by atoms with Gasteiger partial charge in [0.2, 0.25) is 5.91 Å². The van der Waals surface area contributed by atoms with Gasteiger partial charge in [0.15, 0.2) is 5.82 Å². The maximum atomic E-state index is 12.7. The van der Waals surface area contributed by atoms with E-state index in [1.807, 2.05) is 32.7 Å². The summed E-state index contributed by atoms with van der Waals surface area (Å²) in [5.74, 6) is 2.05. The lowest BCUT2D eigenvalue weighted by Gasteiger charge is -2.25. The average molecular weight is 359 g/mol. The fourth-order valence-corrected chi connectivity index (χ4v) is 3.26. The van der Waals surface area contributed by atoms with Gasteiger partial charge in [-0.2, -0.15) is 0 Å². The van der Waals surface area contributed by atoms with Crippen LogP contribution in [0.25, 0.3) is 0 Å². The van der Waals surface area contributed by atoms with Crippen molar-refractivity contribution in [3.05, 3.63) is 29.4 Å². The molecule has 0 aromatic carbocycles. The summed E-state index contributed by atoms with van der Waals surface area (Å²) < 4.78 is 10.7. The van der Waals surface area contributed by atoms with Crippen molar-refractivity contribution in [3.63, 3.8) is 0 Å². The number of carbonyl (C=O) groups excluding carboxylic acids is 1. The molecular weight excluding hydrogens is 334 g/mol. The van der Waals surface area contributed by atoms with E-state index in [-0.39, 0.29) is 11.9 Å². The summed E-state index contributed by atoms with van der Waals surface area (Å²) in [6.45, 7) is 7.68. The normalized spacial score (nSPS) is 16.8. The highest BCUT2D eigenvalue weighted by Crippen LogP contribution is 2.28. The zero-order chi connectivity index (χ0) is 18.7. The van der Waals surface area contributed by atoms with Gasteiger partial charge in [0.25, 0.3) is 5.88 Å². The number of ether oxygens (including phenoxy) is 1. The third-order valence-corrected chi connectivity index (χ3v) is 4.84. The highest BCUT2D eigenvalue weighted by Gasteiger charge is 2.31. The second kappa shape index (κ2) is 7.72. The summed E-state index contributed by atoms with van der Waals surface area (Å²) >= 11 is 0. The van der Waals surface area contributed by atoms with Crippen LogP contribution >= 0.6 is 0 Å². The van der Waals surface area contributed by atoms with E-state index < -0.39 is 0 Å². The van der Waals surface area contributed by atoms with Crippen molar-refractivity contribution < 1.29 is 14.1 Å². The topological polar surface area (TPSA) is 84.6 Å². The highest BCUT2D eigenvalue weighted by atomic mass is 16.5. The summed E-state index contributed by atoms with van der Waals surface area (Å²) in [7, 11) is 1.86. The van der Waals surface area contributed by atoms with Gasteiger partial charge in [-0.1, -0.05) is 5.16 Å². The first-order chi connectivity index (χ1) is 12.5. The fourth-order valence-electron chi connectivity index (χ4n) is 3.26. The SMILES string of the molecule is CCOc1nccnc1N1CCC(N(C)C(=O)Cc2c(C)noc2C)C1. The lowest BCUT2D eigenvalue weighted by molar-refractivity contribution is -0.130. The third-order valence-electron chi connectivity index (χ3n) is 4.84. The molecule has 1 atom stereocenters. The molecule has 0 N–H and O–H groups in total. The van der Waals surface area contributed by atoms with Gasteiger partial charge in [0.05, 0.1) is 24.8 Å². The Balaban J connectivity index is 1.66. The Morgan fingerprint density at radius 3 is 2.85 bits per heavy atom. The molecule has 3 rings (SSSR count). The van der Waals surface area contributed by atoms with Crippen molar-refractivity contribution in [2.75, 3.05) is 31.6 Å². The van der Waals surface area contributed by atoms with Crippen LogP contribution in [0.5, 0.6) is 5.88 Å². The predicted molar refractivity (Wildman–Crippen MR) is 96.3 cm³/mol. The van der Waals surface area contributed by atoms with Gasteiger partial charge in [0.1, 0.15) is 5.76 Å². The molecule has 8 heteroatoms. The Morgan fingerprint density at radius 2 is 2.15 bits per heavy atom. The number of aryl methyl sites for hydroxylation is 2. The molecule has 0 bridgehead atoms. The van der Waals surface area contributed by atoms with E-state index in [0.717, 1.165) is 30.0 Å². The number of likely N-dealkylation sites (N-methyl/N-ethyl adjacent to an activating group) is 1. The van der Waals surface area contributed by atoms with E-state index in [9.17, 15) is 4.79 Å². The van der Waals surface area contributed by atoms with Gasteiger partial charge < -0.3 is 19.1 Å². The Labute approximate surface area is 153 Å². The molecule has 1 unspecified atom stereocenters. The molecule has 140 valence electrons. The Bertz CT molecular complexity index is 756. The van der Waals surface area contributed by atoms with Crippen LogP contribution in [0.15, 0.2) is 16.9 Å². The second-order valence-corrected chi connectivity index (χ2v) is 6.49. The van der Waals surface area contributed by atoms with Crippen LogP contribution in [0.1, 0.15) is 30.4 Å². The fraction of sp³-hybridized carbons (Fsp3) is 0.556. The van der Waals surface area contributed by atoms with E-state index >= 15 is 0 Å². The minimum atomic E-state index is 0.0652. The van der Waals surface area contributed by atoms with Crippen molar-refractivity contribution in [2.24, 2.45) is 0 Å². The molecule has 1 amide bonds. The van der Waals surface area contributed by atoms with E-state index in [4.69, 9.17) is 9.26 Å². The molecule has 1 aliphatic rings. The maximum Gasteiger partial charge on any atom is 0.257 e. The number of hydrogen-bond donors (Lipinski definition) is 0. The molecule has 0 saturated carbocycles. The maximum absolute atomic E-state index is 12.7. The summed E-state index contributed by atoms with van der Waals surface area (Å²) in [5.41, 5.74) is 1.66. The number of nitrogens with zero attached hydrogens (tertiary/aromatic N) is 5. The molecule has 3 heterocycles. The molecule has 0 radical (unpaired) electrons. The van der Waals surface area contributed by atoms with Gasteiger partial charge in [-0.05, 0) is 27.2 Å². The van der Waals surface area contributed by atoms with Gasteiger partial charge in [-0.3, -0.25) is 4.79 Å². The molecule has 0 aliphatic carbocycles. The van der Waals surface area contributed by atoms with Crippen molar-refractivity contribution >= 4 is 11.7 Å². The smallest absolute Gasteiger partial charge is 0.257 e. The molecule has 2 aromatic rings. The van der Waals surface area contributed by atoms with Crippen molar-refractivity contribution in [2.45, 2.75) is 39.7 Å². The van der Waals surface area contributed by atoms with E-state index in [0.29, 0.717) is 31.2 Å². The Kier molecular flexibility index (Phi) is 5.39. The summed E-state index contributed by atoms with van der Waals surface area (Å²) in [4.78, 5) is 25.3. The molecule has 26 heavy (non-hydrogen) atoms. The molecule has 1 fully saturated rings. The van der Waals surface area contributed by atoms with E-state index in [1.54, 1.807) is 12.4 Å². The standard InChI is InChI=1S/C18H25N5O3/c1-5-25-18-17(19-7-8-20-18)23-9-6-14(11-23)22(4)16(24)10-15-12(2)21-26-13(15)3/h7-8,14H,5-6,9-11H2,1-4H3. The molecule has 0 spiro atoms. The molecule has 1 saturated heterocycles. The first kappa shape index (κ1) is 18.2. The van der Waals surface area contributed by atoms with Gasteiger partial charge in [-0.25, -0.2) is 9.97 Å². The largest absolute Gasteiger partial charge is 0.475 e. The van der Waals surface area contributed by atoms with Crippen LogP contribution in [0.3, 0.4) is 0 Å². The first-order valence-corrected chi connectivity index (χ1v) is 8.87. The first-order valence-electron chi connectivity index (χ1n) is 8.87. The monoisotopic (exact) mass is 359 g/mol. The number of aromatic nitrogens is 3.